The lowest BCUT2D eigenvalue weighted by Gasteiger charge is -2.17. The average Bonchev–Trinajstić information content (AvgIpc) is 2.39. The Morgan fingerprint density at radius 3 is 3.00 bits per heavy atom. The van der Waals surface area contributed by atoms with Gasteiger partial charge in [0.05, 0.1) is 25.5 Å². The molecule has 0 aliphatic carbocycles. The quantitative estimate of drug-likeness (QED) is 0.324. The Labute approximate surface area is 106 Å². The molecule has 8 nitrogen and oxygen atoms in total. The van der Waals surface area contributed by atoms with Crippen LogP contribution in [0.15, 0.2) is 12.4 Å². The molecule has 1 aromatic rings. The first kappa shape index (κ1) is 14.1. The number of anilines is 2. The highest BCUT2D eigenvalue weighted by Crippen LogP contribution is 2.09. The highest BCUT2D eigenvalue weighted by molar-refractivity contribution is 5.80. The molecule has 0 atom stereocenters. The second-order valence-electron chi connectivity index (χ2n) is 3.61. The Morgan fingerprint density at radius 2 is 2.33 bits per heavy atom. The molecule has 8 heteroatoms. The van der Waals surface area contributed by atoms with Crippen LogP contribution in [-0.2, 0) is 9.53 Å². The summed E-state index contributed by atoms with van der Waals surface area (Å²) in [6.07, 6.45) is 3.05. The molecule has 0 fully saturated rings. The number of nitrogen functional groups attached to an aromatic ring is 1. The van der Waals surface area contributed by atoms with Crippen LogP contribution in [0.1, 0.15) is 0 Å². The molecular formula is C10H18N6O2. The van der Waals surface area contributed by atoms with Crippen molar-refractivity contribution in [3.63, 3.8) is 0 Å². The van der Waals surface area contributed by atoms with E-state index in [0.717, 1.165) is 0 Å². The molecule has 0 saturated carbocycles. The molecule has 1 rings (SSSR count). The molecule has 0 radical (unpaired) electrons. The summed E-state index contributed by atoms with van der Waals surface area (Å²) in [5.41, 5.74) is 2.40. The minimum Gasteiger partial charge on any atom is -0.383 e. The minimum atomic E-state index is -0.109. The van der Waals surface area contributed by atoms with Gasteiger partial charge in [-0.2, -0.15) is 0 Å². The maximum atomic E-state index is 11.6. The van der Waals surface area contributed by atoms with E-state index in [1.54, 1.807) is 25.3 Å². The number of amides is 1. The predicted octanol–water partition coefficient (Wildman–Crippen LogP) is -1.04. The monoisotopic (exact) mass is 254 g/mol. The van der Waals surface area contributed by atoms with Crippen LogP contribution in [0.25, 0.3) is 0 Å². The van der Waals surface area contributed by atoms with Gasteiger partial charge in [-0.3, -0.25) is 9.78 Å². The first-order valence-corrected chi connectivity index (χ1v) is 5.42. The zero-order valence-electron chi connectivity index (χ0n) is 10.5. The third kappa shape index (κ3) is 4.52. The molecule has 1 heterocycles. The molecule has 0 aliphatic rings. The summed E-state index contributed by atoms with van der Waals surface area (Å²) < 4.78 is 4.84. The summed E-state index contributed by atoms with van der Waals surface area (Å²) in [6, 6.07) is 0. The van der Waals surface area contributed by atoms with E-state index < -0.39 is 0 Å². The number of likely N-dealkylation sites (N-methyl/N-ethyl adjacent to an activating group) is 1. The number of carbonyl (C=O) groups is 1. The molecule has 18 heavy (non-hydrogen) atoms. The average molecular weight is 254 g/mol. The van der Waals surface area contributed by atoms with Gasteiger partial charge in [0.25, 0.3) is 0 Å². The SMILES string of the molecule is COCCNC(=O)CN(C)c1cncc(NN)n1. The molecule has 0 unspecified atom stereocenters. The summed E-state index contributed by atoms with van der Waals surface area (Å²) in [5, 5.41) is 2.72. The zero-order valence-corrected chi connectivity index (χ0v) is 10.5. The predicted molar refractivity (Wildman–Crippen MR) is 68.0 cm³/mol. The Bertz CT molecular complexity index is 386. The topological polar surface area (TPSA) is 105 Å². The van der Waals surface area contributed by atoms with Crippen LogP contribution in [0.3, 0.4) is 0 Å². The normalized spacial score (nSPS) is 9.94. The molecule has 0 aromatic carbocycles. The van der Waals surface area contributed by atoms with Gasteiger partial charge in [-0.25, -0.2) is 10.8 Å². The first-order valence-electron chi connectivity index (χ1n) is 5.42. The summed E-state index contributed by atoms with van der Waals surface area (Å²) in [7, 11) is 3.33. The smallest absolute Gasteiger partial charge is 0.239 e. The van der Waals surface area contributed by atoms with Crippen molar-refractivity contribution in [2.75, 3.05) is 44.2 Å². The number of carbonyl (C=O) groups excluding carboxylic acids is 1. The van der Waals surface area contributed by atoms with Gasteiger partial charge in [0.15, 0.2) is 5.82 Å². The molecule has 0 spiro atoms. The van der Waals surface area contributed by atoms with Gasteiger partial charge in [-0.1, -0.05) is 0 Å². The molecule has 1 amide bonds. The lowest BCUT2D eigenvalue weighted by Crippen LogP contribution is -2.37. The van der Waals surface area contributed by atoms with E-state index in [0.29, 0.717) is 24.8 Å². The number of hydrogen-bond acceptors (Lipinski definition) is 7. The van der Waals surface area contributed by atoms with Crippen LogP contribution in [0.4, 0.5) is 11.6 Å². The highest BCUT2D eigenvalue weighted by atomic mass is 16.5. The van der Waals surface area contributed by atoms with Crippen LogP contribution in [0.2, 0.25) is 0 Å². The van der Waals surface area contributed by atoms with Crippen LogP contribution in [0.5, 0.6) is 0 Å². The number of ether oxygens (including phenoxy) is 1. The van der Waals surface area contributed by atoms with Crippen molar-refractivity contribution >= 4 is 17.5 Å². The molecule has 0 bridgehead atoms. The maximum Gasteiger partial charge on any atom is 0.239 e. The second kappa shape index (κ2) is 7.41. The Kier molecular flexibility index (Phi) is 5.81. The van der Waals surface area contributed by atoms with Crippen molar-refractivity contribution in [1.29, 1.82) is 0 Å². The van der Waals surface area contributed by atoms with Crippen molar-refractivity contribution in [2.24, 2.45) is 5.84 Å². The summed E-state index contributed by atoms with van der Waals surface area (Å²) in [5.74, 6) is 6.13. The fourth-order valence-electron chi connectivity index (χ4n) is 1.25. The number of methoxy groups -OCH3 is 1. The number of nitrogens with two attached hydrogens (primary N) is 1. The van der Waals surface area contributed by atoms with Crippen molar-refractivity contribution in [3.05, 3.63) is 12.4 Å². The third-order valence-electron chi connectivity index (χ3n) is 2.17. The van der Waals surface area contributed by atoms with Gasteiger partial charge >= 0.3 is 0 Å². The second-order valence-corrected chi connectivity index (χ2v) is 3.61. The van der Waals surface area contributed by atoms with Gasteiger partial charge in [-0.15, -0.1) is 0 Å². The van der Waals surface area contributed by atoms with Crippen molar-refractivity contribution in [3.8, 4) is 0 Å². The van der Waals surface area contributed by atoms with Gasteiger partial charge in [0.2, 0.25) is 5.91 Å². The number of nitrogens with zero attached hydrogens (tertiary/aromatic N) is 3. The van der Waals surface area contributed by atoms with Crippen molar-refractivity contribution in [1.82, 2.24) is 15.3 Å². The van der Waals surface area contributed by atoms with E-state index in [4.69, 9.17) is 10.6 Å². The van der Waals surface area contributed by atoms with Crippen LogP contribution in [0, 0.1) is 0 Å². The third-order valence-corrected chi connectivity index (χ3v) is 2.17. The molecule has 100 valence electrons. The fraction of sp³-hybridized carbons (Fsp3) is 0.500. The highest BCUT2D eigenvalue weighted by Gasteiger charge is 2.08. The van der Waals surface area contributed by atoms with Gasteiger partial charge in [-0.05, 0) is 0 Å². The molecule has 1 aromatic heterocycles. The number of aromatic nitrogens is 2. The van der Waals surface area contributed by atoms with Crippen molar-refractivity contribution < 1.29 is 9.53 Å². The van der Waals surface area contributed by atoms with E-state index in [1.165, 1.54) is 6.20 Å². The number of nitrogens with one attached hydrogen (secondary N) is 2. The lowest BCUT2D eigenvalue weighted by atomic mass is 10.4. The minimum absolute atomic E-state index is 0.109. The summed E-state index contributed by atoms with van der Waals surface area (Å²) >= 11 is 0. The maximum absolute atomic E-state index is 11.6. The number of hydrazine groups is 1. The Hall–Kier alpha value is -1.93. The Morgan fingerprint density at radius 1 is 1.56 bits per heavy atom. The standard InChI is InChI=1S/C10H18N6O2/c1-16(7-10(17)13-3-4-18-2)9-6-12-5-8(14-9)15-11/h5-6H,3-4,7,11H2,1-2H3,(H,13,17)(H,14,15). The summed E-state index contributed by atoms with van der Waals surface area (Å²) in [4.78, 5) is 21.4. The fourth-order valence-corrected chi connectivity index (χ4v) is 1.25. The van der Waals surface area contributed by atoms with Crippen LogP contribution < -0.4 is 21.5 Å². The largest absolute Gasteiger partial charge is 0.383 e. The number of rotatable bonds is 7. The Balaban J connectivity index is 2.48. The van der Waals surface area contributed by atoms with Crippen LogP contribution >= 0.6 is 0 Å². The van der Waals surface area contributed by atoms with E-state index in [2.05, 4.69) is 20.7 Å². The number of hydrogen-bond donors (Lipinski definition) is 3. The molecule has 4 N–H and O–H groups in total. The van der Waals surface area contributed by atoms with Crippen molar-refractivity contribution in [2.45, 2.75) is 0 Å². The zero-order chi connectivity index (χ0) is 13.4. The molecule has 0 aliphatic heterocycles. The summed E-state index contributed by atoms with van der Waals surface area (Å²) in [6.45, 7) is 1.16. The van der Waals surface area contributed by atoms with Crippen LogP contribution in [-0.4, -0.2) is 49.7 Å². The van der Waals surface area contributed by atoms with Gasteiger partial charge < -0.3 is 20.4 Å². The van der Waals surface area contributed by atoms with E-state index in [9.17, 15) is 4.79 Å². The molecular weight excluding hydrogens is 236 g/mol. The molecule has 0 saturated heterocycles. The van der Waals surface area contributed by atoms with Gasteiger partial charge in [0, 0.05) is 20.7 Å². The van der Waals surface area contributed by atoms with E-state index in [1.807, 2.05) is 0 Å². The lowest BCUT2D eigenvalue weighted by molar-refractivity contribution is -0.119. The first-order chi connectivity index (χ1) is 8.67. The van der Waals surface area contributed by atoms with E-state index >= 15 is 0 Å². The van der Waals surface area contributed by atoms with E-state index in [-0.39, 0.29) is 12.5 Å². The van der Waals surface area contributed by atoms with Gasteiger partial charge in [0.1, 0.15) is 5.82 Å².